The summed E-state index contributed by atoms with van der Waals surface area (Å²) in [6.07, 6.45) is 1.58. The van der Waals surface area contributed by atoms with Crippen molar-refractivity contribution in [2.45, 2.75) is 6.92 Å². The molecule has 0 atom stereocenters. The van der Waals surface area contributed by atoms with Crippen molar-refractivity contribution < 1.29 is 14.3 Å². The summed E-state index contributed by atoms with van der Waals surface area (Å²) in [7, 11) is 0. The average molecular weight is 376 g/mol. The number of aromatic nitrogens is 1. The summed E-state index contributed by atoms with van der Waals surface area (Å²) in [4.78, 5) is 28.8. The van der Waals surface area contributed by atoms with Crippen molar-refractivity contribution in [2.75, 3.05) is 11.9 Å². The van der Waals surface area contributed by atoms with E-state index in [0.29, 0.717) is 23.6 Å². The van der Waals surface area contributed by atoms with Gasteiger partial charge >= 0.3 is 0 Å². The number of amides is 2. The van der Waals surface area contributed by atoms with Gasteiger partial charge in [0.25, 0.3) is 11.8 Å². The normalized spacial score (nSPS) is 10.0. The fraction of sp³-hybridized carbons (Fsp3) is 0.0952. The molecule has 0 radical (unpaired) electrons. The lowest BCUT2D eigenvalue weighted by Crippen LogP contribution is -2.41. The number of carbonyl (C=O) groups is 2. The molecule has 1 heterocycles. The van der Waals surface area contributed by atoms with Gasteiger partial charge in [-0.2, -0.15) is 0 Å². The number of hydrazine groups is 1. The van der Waals surface area contributed by atoms with Gasteiger partial charge in [-0.1, -0.05) is 18.2 Å². The molecule has 0 unspecified atom stereocenters. The van der Waals surface area contributed by atoms with E-state index in [9.17, 15) is 9.59 Å². The van der Waals surface area contributed by atoms with Crippen LogP contribution in [-0.2, 0) is 0 Å². The van der Waals surface area contributed by atoms with Crippen LogP contribution in [0.3, 0.4) is 0 Å². The highest BCUT2D eigenvalue weighted by Crippen LogP contribution is 2.21. The van der Waals surface area contributed by atoms with E-state index in [-0.39, 0.29) is 0 Å². The molecule has 7 heteroatoms. The average Bonchev–Trinajstić information content (AvgIpc) is 2.74. The highest BCUT2D eigenvalue weighted by molar-refractivity contribution is 6.01. The zero-order chi connectivity index (χ0) is 19.8. The van der Waals surface area contributed by atoms with Crippen molar-refractivity contribution in [3.63, 3.8) is 0 Å². The third kappa shape index (κ3) is 4.85. The van der Waals surface area contributed by atoms with Gasteiger partial charge in [0.15, 0.2) is 0 Å². The Morgan fingerprint density at radius 1 is 0.893 bits per heavy atom. The molecule has 0 aliphatic rings. The predicted octanol–water partition coefficient (Wildman–Crippen LogP) is 3.30. The number of rotatable bonds is 6. The molecule has 3 aromatic rings. The summed E-state index contributed by atoms with van der Waals surface area (Å²) in [5, 5.41) is 3.10. The Labute approximate surface area is 162 Å². The maximum absolute atomic E-state index is 12.5. The van der Waals surface area contributed by atoms with E-state index in [4.69, 9.17) is 4.74 Å². The van der Waals surface area contributed by atoms with Gasteiger partial charge in [-0.25, -0.2) is 4.98 Å². The van der Waals surface area contributed by atoms with E-state index in [0.717, 1.165) is 11.4 Å². The van der Waals surface area contributed by atoms with Crippen molar-refractivity contribution in [2.24, 2.45) is 0 Å². The van der Waals surface area contributed by atoms with Gasteiger partial charge in [0.1, 0.15) is 11.6 Å². The first-order chi connectivity index (χ1) is 13.7. The molecule has 2 aromatic carbocycles. The summed E-state index contributed by atoms with van der Waals surface area (Å²) >= 11 is 0. The van der Waals surface area contributed by atoms with E-state index < -0.39 is 11.8 Å². The Hall–Kier alpha value is -3.87. The van der Waals surface area contributed by atoms with Crippen LogP contribution >= 0.6 is 0 Å². The van der Waals surface area contributed by atoms with Gasteiger partial charge in [-0.05, 0) is 55.5 Å². The van der Waals surface area contributed by atoms with E-state index in [1.54, 1.807) is 42.6 Å². The number of hydrogen-bond donors (Lipinski definition) is 3. The van der Waals surface area contributed by atoms with E-state index >= 15 is 0 Å². The zero-order valence-electron chi connectivity index (χ0n) is 15.3. The molecule has 0 saturated carbocycles. The second-order valence-electron chi connectivity index (χ2n) is 5.76. The molecule has 1 aromatic heterocycles. The molecule has 3 rings (SSSR count). The molecule has 28 heavy (non-hydrogen) atoms. The lowest BCUT2D eigenvalue weighted by atomic mass is 10.2. The summed E-state index contributed by atoms with van der Waals surface area (Å²) in [6.45, 7) is 2.51. The lowest BCUT2D eigenvalue weighted by molar-refractivity contribution is 0.0847. The van der Waals surface area contributed by atoms with Crippen LogP contribution in [0.2, 0.25) is 0 Å². The molecule has 0 aliphatic heterocycles. The molecule has 2 amide bonds. The lowest BCUT2D eigenvalue weighted by Gasteiger charge is -2.12. The molecule has 142 valence electrons. The maximum Gasteiger partial charge on any atom is 0.273 e. The van der Waals surface area contributed by atoms with Crippen LogP contribution in [0.25, 0.3) is 0 Å². The van der Waals surface area contributed by atoms with Crippen molar-refractivity contribution in [1.29, 1.82) is 0 Å². The Morgan fingerprint density at radius 2 is 1.61 bits per heavy atom. The molecule has 0 fully saturated rings. The minimum absolute atomic E-state index is 0.296. The van der Waals surface area contributed by atoms with Crippen LogP contribution in [0, 0.1) is 0 Å². The number of pyridine rings is 1. The largest absolute Gasteiger partial charge is 0.494 e. The van der Waals surface area contributed by atoms with Gasteiger partial charge in [0.05, 0.1) is 12.2 Å². The first-order valence-electron chi connectivity index (χ1n) is 8.78. The van der Waals surface area contributed by atoms with Crippen molar-refractivity contribution >= 4 is 23.3 Å². The third-order valence-electron chi connectivity index (χ3n) is 3.81. The summed E-state index contributed by atoms with van der Waals surface area (Å²) in [6, 6.07) is 19.2. The fourth-order valence-corrected chi connectivity index (χ4v) is 2.47. The number of carbonyl (C=O) groups excluding carboxylic acids is 2. The Balaban J connectivity index is 1.67. The van der Waals surface area contributed by atoms with Crippen molar-refractivity contribution in [1.82, 2.24) is 15.8 Å². The smallest absolute Gasteiger partial charge is 0.273 e. The number of nitrogens with zero attached hydrogens (tertiary/aromatic N) is 1. The number of benzene rings is 2. The minimum Gasteiger partial charge on any atom is -0.494 e. The van der Waals surface area contributed by atoms with Crippen LogP contribution in [-0.4, -0.2) is 23.4 Å². The SMILES string of the molecule is CCOc1ccc(Nc2ncccc2C(=O)NNC(=O)c2ccccc2)cc1. The van der Waals surface area contributed by atoms with Crippen LogP contribution in [0.5, 0.6) is 5.75 Å². The molecule has 0 aliphatic carbocycles. The van der Waals surface area contributed by atoms with Crippen molar-refractivity contribution in [3.05, 3.63) is 84.1 Å². The Bertz CT molecular complexity index is 943. The Kier molecular flexibility index (Phi) is 6.20. The first kappa shape index (κ1) is 18.9. The molecule has 0 saturated heterocycles. The monoisotopic (exact) mass is 376 g/mol. The molecule has 0 spiro atoms. The first-order valence-corrected chi connectivity index (χ1v) is 8.78. The quantitative estimate of drug-likeness (QED) is 0.574. The highest BCUT2D eigenvalue weighted by Gasteiger charge is 2.14. The van der Waals surface area contributed by atoms with Gasteiger partial charge in [0, 0.05) is 17.4 Å². The topological polar surface area (TPSA) is 92.3 Å². The fourth-order valence-electron chi connectivity index (χ4n) is 2.47. The molecule has 0 bridgehead atoms. The summed E-state index contributed by atoms with van der Waals surface area (Å²) in [5.41, 5.74) is 6.31. The van der Waals surface area contributed by atoms with Gasteiger partial charge in [-0.15, -0.1) is 0 Å². The van der Waals surface area contributed by atoms with Gasteiger partial charge in [-0.3, -0.25) is 20.4 Å². The summed E-state index contributed by atoms with van der Waals surface area (Å²) in [5.74, 6) is 0.249. The Morgan fingerprint density at radius 3 is 2.32 bits per heavy atom. The van der Waals surface area contributed by atoms with E-state index in [1.165, 1.54) is 0 Å². The number of nitrogens with one attached hydrogen (secondary N) is 3. The van der Waals surface area contributed by atoms with Crippen LogP contribution in [0.4, 0.5) is 11.5 Å². The standard InChI is InChI=1S/C21H20N4O3/c1-2-28-17-12-10-16(11-13-17)23-19-18(9-6-14-22-19)21(27)25-24-20(26)15-7-4-3-5-8-15/h3-14H,2H2,1H3,(H,22,23)(H,24,26)(H,25,27). The third-order valence-corrected chi connectivity index (χ3v) is 3.81. The second-order valence-corrected chi connectivity index (χ2v) is 5.76. The van der Waals surface area contributed by atoms with Gasteiger partial charge < -0.3 is 10.1 Å². The highest BCUT2D eigenvalue weighted by atomic mass is 16.5. The second kappa shape index (κ2) is 9.18. The molecule has 3 N–H and O–H groups in total. The van der Waals surface area contributed by atoms with E-state index in [2.05, 4.69) is 21.2 Å². The van der Waals surface area contributed by atoms with Crippen LogP contribution in [0.15, 0.2) is 72.9 Å². The van der Waals surface area contributed by atoms with Crippen molar-refractivity contribution in [3.8, 4) is 5.75 Å². The maximum atomic E-state index is 12.5. The van der Waals surface area contributed by atoms with Crippen LogP contribution < -0.4 is 20.9 Å². The number of anilines is 2. The summed E-state index contributed by atoms with van der Waals surface area (Å²) < 4.78 is 5.42. The number of hydrogen-bond acceptors (Lipinski definition) is 5. The van der Waals surface area contributed by atoms with E-state index in [1.807, 2.05) is 37.3 Å². The molecular weight excluding hydrogens is 356 g/mol. The van der Waals surface area contributed by atoms with Gasteiger partial charge in [0.2, 0.25) is 0 Å². The zero-order valence-corrected chi connectivity index (χ0v) is 15.3. The number of ether oxygens (including phenoxy) is 1. The molecular formula is C21H20N4O3. The predicted molar refractivity (Wildman–Crippen MR) is 107 cm³/mol. The molecule has 7 nitrogen and oxygen atoms in total. The minimum atomic E-state index is -0.481. The van der Waals surface area contributed by atoms with Crippen LogP contribution in [0.1, 0.15) is 27.6 Å².